The number of ketones is 1. The van der Waals surface area contributed by atoms with Crippen LogP contribution in [0.15, 0.2) is 72.3 Å². The Balaban J connectivity index is 1.08. The summed E-state index contributed by atoms with van der Waals surface area (Å²) >= 11 is 1.82. The Morgan fingerprint density at radius 3 is 2.28 bits per heavy atom. The van der Waals surface area contributed by atoms with Gasteiger partial charge in [0.25, 0.3) is 17.7 Å². The van der Waals surface area contributed by atoms with Crippen molar-refractivity contribution in [1.29, 1.82) is 0 Å². The number of nitrogens with zero attached hydrogens (tertiary/aromatic N) is 1. The number of nitrogens with one attached hydrogen (secondary N) is 4. The van der Waals surface area contributed by atoms with Crippen LogP contribution in [0, 0.1) is 0 Å². The van der Waals surface area contributed by atoms with E-state index in [4.69, 9.17) is 4.84 Å². The fourth-order valence-corrected chi connectivity index (χ4v) is 8.72. The third-order valence-corrected chi connectivity index (χ3v) is 11.7. The maximum atomic E-state index is 13.6. The number of rotatable bonds is 17. The first-order valence-electron chi connectivity index (χ1n) is 19.0. The number of fused-ring (bicyclic) bond motifs is 1. The van der Waals surface area contributed by atoms with Crippen LogP contribution in [-0.4, -0.2) is 98.3 Å². The van der Waals surface area contributed by atoms with Crippen molar-refractivity contribution in [3.05, 3.63) is 94.6 Å². The number of thioether (sulfide) groups is 1. The Kier molecular flexibility index (Phi) is 13.4. The molecule has 3 heterocycles. The second-order valence-electron chi connectivity index (χ2n) is 14.2. The molecular formula is C41H43N5O11S. The van der Waals surface area contributed by atoms with E-state index < -0.39 is 35.7 Å². The second-order valence-corrected chi connectivity index (χ2v) is 15.5. The zero-order valence-corrected chi connectivity index (χ0v) is 32.2. The van der Waals surface area contributed by atoms with Crippen LogP contribution >= 0.6 is 11.8 Å². The topological polar surface area (TPSA) is 238 Å². The van der Waals surface area contributed by atoms with Gasteiger partial charge in [0.15, 0.2) is 5.78 Å². The molecule has 1 aliphatic carbocycles. The Morgan fingerprint density at radius 1 is 0.862 bits per heavy atom. The number of carbonyl (C=O) groups is 8. The van der Waals surface area contributed by atoms with Gasteiger partial charge < -0.3 is 36.3 Å². The molecule has 304 valence electrons. The molecule has 2 aromatic carbocycles. The number of aromatic hydroxyl groups is 1. The van der Waals surface area contributed by atoms with E-state index in [-0.39, 0.29) is 71.5 Å². The number of aromatic carboxylic acids is 1. The number of phenols is 1. The van der Waals surface area contributed by atoms with Crippen molar-refractivity contribution >= 4 is 64.7 Å². The molecule has 17 heteroatoms. The molecule has 6 amide bonds. The fraction of sp³-hybridized carbons (Fsp3) is 0.366. The number of benzene rings is 2. The number of allylic oxidation sites excluding steroid dienone is 5. The van der Waals surface area contributed by atoms with Gasteiger partial charge >= 0.3 is 18.0 Å². The fourth-order valence-electron chi connectivity index (χ4n) is 7.17. The molecule has 0 spiro atoms. The van der Waals surface area contributed by atoms with Crippen LogP contribution < -0.4 is 21.3 Å². The molecule has 4 atom stereocenters. The lowest BCUT2D eigenvalue weighted by molar-refractivity contribution is -0.199. The third kappa shape index (κ3) is 10.2. The SMILES string of the molecule is O=C1C=CC(=C(c2ccc(O)cc2)c2ccc(C(=O)NC(CCCCNC(=O)CCCCC3SCC4NC(=O)NC43)C(=O)ON3C(=O)CCC3=O)cc2C(=O)O)C=C1. The van der Waals surface area contributed by atoms with E-state index in [0.717, 1.165) is 24.7 Å². The highest BCUT2D eigenvalue weighted by molar-refractivity contribution is 8.00. The number of imide groups is 1. The van der Waals surface area contributed by atoms with E-state index in [9.17, 15) is 48.6 Å². The van der Waals surface area contributed by atoms with Gasteiger partial charge in [-0.25, -0.2) is 14.4 Å². The molecule has 3 saturated heterocycles. The van der Waals surface area contributed by atoms with Gasteiger partial charge in [0, 0.05) is 42.4 Å². The minimum atomic E-state index is -1.37. The van der Waals surface area contributed by atoms with Crippen LogP contribution in [0.25, 0.3) is 5.57 Å². The van der Waals surface area contributed by atoms with Crippen LogP contribution in [0.3, 0.4) is 0 Å². The van der Waals surface area contributed by atoms with Gasteiger partial charge in [-0.3, -0.25) is 24.0 Å². The predicted octanol–water partition coefficient (Wildman–Crippen LogP) is 3.31. The largest absolute Gasteiger partial charge is 0.508 e. The number of unbranched alkanes of at least 4 members (excludes halogenated alkanes) is 2. The molecule has 0 bridgehead atoms. The molecule has 6 rings (SSSR count). The standard InChI is InChI=1S/C41H43N5O11S/c47-26-13-8-23(9-14-26)36(24-10-15-27(48)16-11-24)28-17-12-25(21-29(28)39(53)54)38(52)43-30(40(55)57-46-34(50)18-19-35(46)51)5-3-4-20-42-33(49)7-2-1-6-32-37-31(22-58-32)44-41(56)45-37/h8-17,21,30-32,37,47H,1-7,18-20,22H2,(H,42,49)(H,43,52)(H,53,54)(H2,44,45,56). The molecule has 0 radical (unpaired) electrons. The van der Waals surface area contributed by atoms with Crippen molar-refractivity contribution in [3.8, 4) is 5.75 Å². The van der Waals surface area contributed by atoms with Gasteiger partial charge in [-0.1, -0.05) is 36.8 Å². The van der Waals surface area contributed by atoms with Crippen LogP contribution in [0.4, 0.5) is 4.79 Å². The van der Waals surface area contributed by atoms with Gasteiger partial charge in [-0.15, -0.1) is 5.06 Å². The Hall–Kier alpha value is -6.23. The molecule has 0 aromatic heterocycles. The monoisotopic (exact) mass is 813 g/mol. The first-order chi connectivity index (χ1) is 27.9. The van der Waals surface area contributed by atoms with Gasteiger partial charge in [0.05, 0.1) is 17.6 Å². The summed E-state index contributed by atoms with van der Waals surface area (Å²) in [5, 5.41) is 32.2. The zero-order chi connectivity index (χ0) is 41.3. The van der Waals surface area contributed by atoms with Crippen LogP contribution in [-0.2, 0) is 28.8 Å². The van der Waals surface area contributed by atoms with Crippen LogP contribution in [0.1, 0.15) is 89.6 Å². The summed E-state index contributed by atoms with van der Waals surface area (Å²) in [5.74, 6) is -4.20. The second kappa shape index (κ2) is 18.8. The number of carbonyl (C=O) groups excluding carboxylic acids is 7. The maximum Gasteiger partial charge on any atom is 0.355 e. The molecule has 58 heavy (non-hydrogen) atoms. The molecule has 4 unspecified atom stereocenters. The first-order valence-corrected chi connectivity index (χ1v) is 20.1. The molecule has 3 fully saturated rings. The highest BCUT2D eigenvalue weighted by Gasteiger charge is 2.42. The molecule has 3 aliphatic heterocycles. The summed E-state index contributed by atoms with van der Waals surface area (Å²) in [4.78, 5) is 105. The molecule has 6 N–H and O–H groups in total. The van der Waals surface area contributed by atoms with Crippen molar-refractivity contribution in [3.63, 3.8) is 0 Å². The minimum absolute atomic E-state index is 0.00162. The number of phenolic OH excluding ortho intramolecular Hbond substituents is 1. The lowest BCUT2D eigenvalue weighted by atomic mass is 9.87. The van der Waals surface area contributed by atoms with E-state index in [1.165, 1.54) is 48.6 Å². The number of carboxylic acid groups (broad SMARTS) is 1. The average molecular weight is 814 g/mol. The highest BCUT2D eigenvalue weighted by Crippen LogP contribution is 2.34. The molecule has 2 aromatic rings. The van der Waals surface area contributed by atoms with Crippen molar-refractivity contribution < 1.29 is 53.4 Å². The minimum Gasteiger partial charge on any atom is -0.508 e. The summed E-state index contributed by atoms with van der Waals surface area (Å²) in [7, 11) is 0. The van der Waals surface area contributed by atoms with Gasteiger partial charge in [0.1, 0.15) is 11.8 Å². The zero-order valence-electron chi connectivity index (χ0n) is 31.4. The smallest absolute Gasteiger partial charge is 0.355 e. The maximum absolute atomic E-state index is 13.6. The van der Waals surface area contributed by atoms with Crippen molar-refractivity contribution in [1.82, 2.24) is 26.3 Å². The van der Waals surface area contributed by atoms with E-state index >= 15 is 0 Å². The highest BCUT2D eigenvalue weighted by atomic mass is 32.2. The van der Waals surface area contributed by atoms with E-state index in [1.807, 2.05) is 11.8 Å². The average Bonchev–Trinajstić information content (AvgIpc) is 3.87. The predicted molar refractivity (Wildman–Crippen MR) is 210 cm³/mol. The lowest BCUT2D eigenvalue weighted by Gasteiger charge is -2.21. The summed E-state index contributed by atoms with van der Waals surface area (Å²) in [6, 6.07) is 8.75. The molecule has 0 saturated carbocycles. The quantitative estimate of drug-likeness (QED) is 0.0767. The summed E-state index contributed by atoms with van der Waals surface area (Å²) in [5.41, 5.74) is 1.27. The van der Waals surface area contributed by atoms with Crippen molar-refractivity contribution in [2.24, 2.45) is 0 Å². The number of hydroxylamine groups is 2. The number of hydrogen-bond acceptors (Lipinski definition) is 11. The number of hydrogen-bond donors (Lipinski definition) is 6. The summed E-state index contributed by atoms with van der Waals surface area (Å²) < 4.78 is 0. The van der Waals surface area contributed by atoms with E-state index in [2.05, 4.69) is 21.3 Å². The van der Waals surface area contributed by atoms with E-state index in [1.54, 1.807) is 12.1 Å². The Labute approximate surface area is 337 Å². The first kappa shape index (κ1) is 41.4. The van der Waals surface area contributed by atoms with Crippen LogP contribution in [0.2, 0.25) is 0 Å². The normalized spacial score (nSPS) is 20.0. The molecular weight excluding hydrogens is 771 g/mol. The van der Waals surface area contributed by atoms with Crippen molar-refractivity contribution in [2.75, 3.05) is 12.3 Å². The summed E-state index contributed by atoms with van der Waals surface area (Å²) in [6.07, 6.45) is 8.95. The van der Waals surface area contributed by atoms with Gasteiger partial charge in [0.2, 0.25) is 5.91 Å². The number of urea groups is 1. The Bertz CT molecular complexity index is 2060. The summed E-state index contributed by atoms with van der Waals surface area (Å²) in [6.45, 7) is 0.290. The van der Waals surface area contributed by atoms with Gasteiger partial charge in [-0.2, -0.15) is 11.8 Å². The van der Waals surface area contributed by atoms with E-state index in [0.29, 0.717) is 59.3 Å². The molecule has 16 nitrogen and oxygen atoms in total. The lowest BCUT2D eigenvalue weighted by Crippen LogP contribution is -2.45. The third-order valence-electron chi connectivity index (χ3n) is 10.2. The number of carboxylic acids is 1. The van der Waals surface area contributed by atoms with Crippen molar-refractivity contribution in [2.45, 2.75) is 81.2 Å². The number of amides is 6. The molecule has 4 aliphatic rings. The Morgan fingerprint density at radius 2 is 1.57 bits per heavy atom. The van der Waals surface area contributed by atoms with Gasteiger partial charge in [-0.05, 0) is 90.8 Å². The van der Waals surface area contributed by atoms with Crippen LogP contribution in [0.5, 0.6) is 5.75 Å².